The fourth-order valence-electron chi connectivity index (χ4n) is 2.03. The van der Waals surface area contributed by atoms with Crippen LogP contribution in [0, 0.1) is 0 Å². The molecule has 0 fully saturated rings. The second kappa shape index (κ2) is 5.46. The number of hydrogen-bond acceptors (Lipinski definition) is 4. The Morgan fingerprint density at radius 3 is 3.00 bits per heavy atom. The number of hydrogen-bond donors (Lipinski definition) is 1. The van der Waals surface area contributed by atoms with Gasteiger partial charge in [0.25, 0.3) is 0 Å². The second-order valence-corrected chi connectivity index (χ2v) is 4.86. The van der Waals surface area contributed by atoms with Crippen molar-refractivity contribution in [3.63, 3.8) is 0 Å². The van der Waals surface area contributed by atoms with Gasteiger partial charge in [-0.1, -0.05) is 24.6 Å². The van der Waals surface area contributed by atoms with Crippen LogP contribution in [0.1, 0.15) is 13.3 Å². The van der Waals surface area contributed by atoms with Gasteiger partial charge < -0.3 is 5.32 Å². The van der Waals surface area contributed by atoms with Gasteiger partial charge in [0.05, 0.1) is 17.3 Å². The van der Waals surface area contributed by atoms with Gasteiger partial charge in [0.1, 0.15) is 12.1 Å². The molecule has 0 amide bonds. The lowest BCUT2D eigenvalue weighted by Gasteiger charge is -2.05. The van der Waals surface area contributed by atoms with Gasteiger partial charge in [-0.25, -0.2) is 14.6 Å². The normalized spacial score (nSPS) is 10.9. The molecule has 0 spiro atoms. The molecule has 0 unspecified atom stereocenters. The smallest absolute Gasteiger partial charge is 0.168 e. The molecule has 20 heavy (non-hydrogen) atoms. The minimum Gasteiger partial charge on any atom is -0.369 e. The number of benzene rings is 1. The molecule has 5 nitrogen and oxygen atoms in total. The average Bonchev–Trinajstić information content (AvgIpc) is 2.89. The van der Waals surface area contributed by atoms with E-state index in [1.807, 2.05) is 24.3 Å². The fourth-order valence-corrected chi connectivity index (χ4v) is 2.21. The summed E-state index contributed by atoms with van der Waals surface area (Å²) < 4.78 is 1.76. The molecule has 3 aromatic rings. The highest BCUT2D eigenvalue weighted by molar-refractivity contribution is 6.30. The number of fused-ring (bicyclic) bond motifs is 1. The van der Waals surface area contributed by atoms with Crippen LogP contribution in [0.15, 0.2) is 36.8 Å². The van der Waals surface area contributed by atoms with Crippen LogP contribution >= 0.6 is 11.6 Å². The third kappa shape index (κ3) is 2.32. The maximum Gasteiger partial charge on any atom is 0.168 e. The molecule has 3 rings (SSSR count). The van der Waals surface area contributed by atoms with Crippen molar-refractivity contribution in [3.05, 3.63) is 41.8 Å². The third-order valence-electron chi connectivity index (χ3n) is 2.96. The molecule has 0 bridgehead atoms. The Bertz CT molecular complexity index is 737. The summed E-state index contributed by atoms with van der Waals surface area (Å²) in [4.78, 5) is 8.59. The fraction of sp³-hybridized carbons (Fsp3) is 0.214. The zero-order valence-corrected chi connectivity index (χ0v) is 11.8. The number of rotatable bonds is 4. The molecule has 0 aliphatic heterocycles. The van der Waals surface area contributed by atoms with Crippen molar-refractivity contribution >= 4 is 28.5 Å². The number of anilines is 1. The molecule has 0 radical (unpaired) electrons. The molecule has 2 heterocycles. The van der Waals surface area contributed by atoms with Crippen LogP contribution in [0.2, 0.25) is 5.02 Å². The molecule has 1 aromatic carbocycles. The average molecular weight is 288 g/mol. The highest BCUT2D eigenvalue weighted by Crippen LogP contribution is 2.22. The highest BCUT2D eigenvalue weighted by atomic mass is 35.5. The molecule has 0 aliphatic carbocycles. The van der Waals surface area contributed by atoms with E-state index in [-0.39, 0.29) is 0 Å². The van der Waals surface area contributed by atoms with E-state index in [1.54, 1.807) is 17.2 Å². The Hall–Kier alpha value is -2.14. The van der Waals surface area contributed by atoms with E-state index in [9.17, 15) is 0 Å². The summed E-state index contributed by atoms with van der Waals surface area (Å²) in [6.45, 7) is 2.98. The number of nitrogens with one attached hydrogen (secondary N) is 1. The minimum atomic E-state index is 0.671. The van der Waals surface area contributed by atoms with Crippen molar-refractivity contribution in [3.8, 4) is 5.69 Å². The predicted octanol–water partition coefficient (Wildman–Crippen LogP) is 3.29. The first-order chi connectivity index (χ1) is 9.79. The van der Waals surface area contributed by atoms with Crippen LogP contribution in [0.5, 0.6) is 0 Å². The van der Waals surface area contributed by atoms with Crippen molar-refractivity contribution in [2.75, 3.05) is 11.9 Å². The molecule has 0 saturated heterocycles. The van der Waals surface area contributed by atoms with Crippen molar-refractivity contribution in [2.24, 2.45) is 0 Å². The summed E-state index contributed by atoms with van der Waals surface area (Å²) in [5.74, 6) is 0.810. The van der Waals surface area contributed by atoms with E-state index in [2.05, 4.69) is 27.3 Å². The van der Waals surface area contributed by atoms with Crippen LogP contribution < -0.4 is 5.32 Å². The second-order valence-electron chi connectivity index (χ2n) is 4.42. The van der Waals surface area contributed by atoms with Gasteiger partial charge in [0.15, 0.2) is 5.65 Å². The van der Waals surface area contributed by atoms with E-state index in [1.165, 1.54) is 0 Å². The van der Waals surface area contributed by atoms with Gasteiger partial charge in [0.2, 0.25) is 0 Å². The van der Waals surface area contributed by atoms with Crippen LogP contribution in [-0.2, 0) is 0 Å². The van der Waals surface area contributed by atoms with Gasteiger partial charge in [0, 0.05) is 11.6 Å². The number of aromatic nitrogens is 4. The maximum absolute atomic E-state index is 6.03. The Labute approximate surface area is 121 Å². The topological polar surface area (TPSA) is 55.6 Å². The van der Waals surface area contributed by atoms with Gasteiger partial charge in [-0.05, 0) is 24.6 Å². The zero-order chi connectivity index (χ0) is 13.9. The van der Waals surface area contributed by atoms with Crippen molar-refractivity contribution < 1.29 is 0 Å². The molecular weight excluding hydrogens is 274 g/mol. The monoisotopic (exact) mass is 287 g/mol. The minimum absolute atomic E-state index is 0.671. The lowest BCUT2D eigenvalue weighted by molar-refractivity contribution is 0.895. The molecule has 102 valence electrons. The zero-order valence-electron chi connectivity index (χ0n) is 11.0. The first-order valence-corrected chi connectivity index (χ1v) is 6.86. The van der Waals surface area contributed by atoms with E-state index >= 15 is 0 Å². The molecule has 0 saturated carbocycles. The van der Waals surface area contributed by atoms with Crippen LogP contribution in [0.3, 0.4) is 0 Å². The standard InChI is InChI=1S/C14H14ClN5/c1-2-6-16-13-12-8-19-20(14(12)18-9-17-13)11-5-3-4-10(15)7-11/h3-5,7-9H,2,6H2,1H3,(H,16,17,18). The predicted molar refractivity (Wildman–Crippen MR) is 80.5 cm³/mol. The molecular formula is C14H14ClN5. The number of halogens is 1. The van der Waals surface area contributed by atoms with Gasteiger partial charge in [-0.3, -0.25) is 0 Å². The van der Waals surface area contributed by atoms with Gasteiger partial charge in [-0.2, -0.15) is 5.10 Å². The Morgan fingerprint density at radius 1 is 1.30 bits per heavy atom. The van der Waals surface area contributed by atoms with E-state index < -0.39 is 0 Å². The Kier molecular flexibility index (Phi) is 3.52. The van der Waals surface area contributed by atoms with Crippen LogP contribution in [-0.4, -0.2) is 26.3 Å². The number of nitrogens with zero attached hydrogens (tertiary/aromatic N) is 4. The summed E-state index contributed by atoms with van der Waals surface area (Å²) in [6.07, 6.45) is 4.35. The van der Waals surface area contributed by atoms with Gasteiger partial charge in [-0.15, -0.1) is 0 Å². The van der Waals surface area contributed by atoms with Crippen molar-refractivity contribution in [2.45, 2.75) is 13.3 Å². The summed E-state index contributed by atoms with van der Waals surface area (Å²) >= 11 is 6.03. The largest absolute Gasteiger partial charge is 0.369 e. The van der Waals surface area contributed by atoms with Crippen LogP contribution in [0.4, 0.5) is 5.82 Å². The molecule has 0 aliphatic rings. The SMILES string of the molecule is CCCNc1ncnc2c1cnn2-c1cccc(Cl)c1. The summed E-state index contributed by atoms with van der Waals surface area (Å²) in [5.41, 5.74) is 1.65. The van der Waals surface area contributed by atoms with E-state index in [0.29, 0.717) is 5.02 Å². The highest BCUT2D eigenvalue weighted by Gasteiger charge is 2.10. The first-order valence-electron chi connectivity index (χ1n) is 6.48. The summed E-state index contributed by atoms with van der Waals surface area (Å²) in [7, 11) is 0. The van der Waals surface area contributed by atoms with Crippen molar-refractivity contribution in [1.82, 2.24) is 19.7 Å². The molecule has 6 heteroatoms. The lowest BCUT2D eigenvalue weighted by Crippen LogP contribution is -2.03. The quantitative estimate of drug-likeness (QED) is 0.800. The molecule has 2 aromatic heterocycles. The Morgan fingerprint density at radius 2 is 2.20 bits per heavy atom. The van der Waals surface area contributed by atoms with E-state index in [4.69, 9.17) is 11.6 Å². The summed E-state index contributed by atoms with van der Waals surface area (Å²) in [6, 6.07) is 7.53. The van der Waals surface area contributed by atoms with Gasteiger partial charge >= 0.3 is 0 Å². The Balaban J connectivity index is 2.10. The van der Waals surface area contributed by atoms with Crippen LogP contribution in [0.25, 0.3) is 16.7 Å². The summed E-state index contributed by atoms with van der Waals surface area (Å²) in [5, 5.41) is 9.25. The maximum atomic E-state index is 6.03. The molecule has 0 atom stereocenters. The third-order valence-corrected chi connectivity index (χ3v) is 3.20. The van der Waals surface area contributed by atoms with E-state index in [0.717, 1.165) is 35.5 Å². The van der Waals surface area contributed by atoms with Crippen molar-refractivity contribution in [1.29, 1.82) is 0 Å². The first kappa shape index (κ1) is 12.9. The lowest BCUT2D eigenvalue weighted by atomic mass is 10.3. The molecule has 1 N–H and O–H groups in total.